The van der Waals surface area contributed by atoms with Crippen LogP contribution in [0.1, 0.15) is 71.0 Å². The normalized spacial score (nSPS) is 17.7. The van der Waals surface area contributed by atoms with Crippen LogP contribution in [0.5, 0.6) is 17.2 Å². The first kappa shape index (κ1) is 43.6. The number of anilines is 3. The van der Waals surface area contributed by atoms with Crippen LogP contribution in [-0.4, -0.2) is 131 Å². The smallest absolute Gasteiger partial charge is 0.270 e. The maximum absolute atomic E-state index is 13.4. The molecule has 66 heavy (non-hydrogen) atoms. The molecule has 20 heteroatoms. The van der Waals surface area contributed by atoms with Crippen LogP contribution >= 0.6 is 0 Å². The number of methoxy groups -OCH3 is 2. The molecule has 3 aliphatic heterocycles. The highest BCUT2D eigenvalue weighted by Gasteiger charge is 2.40. The number of nitrogens with one attached hydrogen (secondary N) is 2. The van der Waals surface area contributed by atoms with Gasteiger partial charge in [0.2, 0.25) is 23.5 Å². The maximum Gasteiger partial charge on any atom is 0.270 e. The average Bonchev–Trinajstić information content (AvgIpc) is 4.08. The summed E-state index contributed by atoms with van der Waals surface area (Å²) < 4.78 is 19.4. The summed E-state index contributed by atoms with van der Waals surface area (Å²) in [6, 6.07) is 13.5. The predicted octanol–water partition coefficient (Wildman–Crippen LogP) is 5.31. The molecule has 20 nitrogen and oxygen atoms in total. The molecule has 0 bridgehead atoms. The topological polar surface area (TPSA) is 218 Å². The third kappa shape index (κ3) is 8.64. The molecule has 1 aliphatic carbocycles. The second-order valence-electron chi connectivity index (χ2n) is 16.8. The van der Waals surface area contributed by atoms with Gasteiger partial charge in [0.15, 0.2) is 18.1 Å². The number of carbonyl (C=O) groups excluding carboxylic acids is 5. The molecule has 0 radical (unpaired) electrons. The van der Waals surface area contributed by atoms with Crippen LogP contribution in [0.25, 0.3) is 11.0 Å². The number of pyridine rings is 1. The van der Waals surface area contributed by atoms with E-state index in [4.69, 9.17) is 19.2 Å². The standard InChI is InChI=1S/C46H50N12O8/c1-54(2)45(63)35-20-27-23-48-46(51-42(27)58(35)29-8-5-6-9-29)49-38-14-12-30(24-47-38)55-16-18-56(19-17-55)40(60)26-66-41-36(64-3)21-28(22-37(41)65-4)52-53-33-11-7-10-31-32(33)25-57(44(31)62)34-13-15-39(59)50-43(34)61/h7,10-12,14,20-24,29,34H,5-6,8-9,13,15-19,25-26H2,1-4H3,(H,50,59,61)(H,47,48,49,51). The molecule has 2 aromatic carbocycles. The van der Waals surface area contributed by atoms with Gasteiger partial charge in [-0.1, -0.05) is 18.9 Å². The molecular weight excluding hydrogens is 849 g/mol. The second kappa shape index (κ2) is 18.5. The van der Waals surface area contributed by atoms with Gasteiger partial charge in [0.05, 0.1) is 37.5 Å². The zero-order valence-electron chi connectivity index (χ0n) is 37.2. The number of imide groups is 1. The van der Waals surface area contributed by atoms with Crippen LogP contribution in [0.3, 0.4) is 0 Å². The van der Waals surface area contributed by atoms with Gasteiger partial charge in [0.1, 0.15) is 23.2 Å². The summed E-state index contributed by atoms with van der Waals surface area (Å²) in [5.74, 6) is 0.340. The number of benzene rings is 2. The number of fused-ring (bicyclic) bond motifs is 2. The number of ether oxygens (including phenoxy) is 3. The Kier molecular flexibility index (Phi) is 12.2. The van der Waals surface area contributed by atoms with E-state index in [2.05, 4.69) is 40.3 Å². The third-order valence-corrected chi connectivity index (χ3v) is 12.5. The lowest BCUT2D eigenvalue weighted by Gasteiger charge is -2.36. The summed E-state index contributed by atoms with van der Waals surface area (Å²) in [4.78, 5) is 85.0. The van der Waals surface area contributed by atoms with Gasteiger partial charge >= 0.3 is 0 Å². The van der Waals surface area contributed by atoms with E-state index < -0.39 is 11.9 Å². The fourth-order valence-electron chi connectivity index (χ4n) is 9.04. The molecule has 1 unspecified atom stereocenters. The van der Waals surface area contributed by atoms with E-state index in [-0.39, 0.29) is 72.9 Å². The van der Waals surface area contributed by atoms with Crippen LogP contribution < -0.4 is 29.7 Å². The lowest BCUT2D eigenvalue weighted by Crippen LogP contribution is -2.52. The minimum Gasteiger partial charge on any atom is -0.493 e. The van der Waals surface area contributed by atoms with Crippen molar-refractivity contribution < 1.29 is 38.2 Å². The predicted molar refractivity (Wildman–Crippen MR) is 241 cm³/mol. The first-order valence-electron chi connectivity index (χ1n) is 21.9. The number of hydrogen-bond donors (Lipinski definition) is 2. The summed E-state index contributed by atoms with van der Waals surface area (Å²) in [6.07, 6.45) is 8.18. The number of piperidine rings is 1. The lowest BCUT2D eigenvalue weighted by atomic mass is 10.0. The van der Waals surface area contributed by atoms with Gasteiger partial charge in [-0.3, -0.25) is 29.3 Å². The first-order chi connectivity index (χ1) is 32.0. The minimum absolute atomic E-state index is 0.0608. The number of amides is 5. The van der Waals surface area contributed by atoms with E-state index in [9.17, 15) is 24.0 Å². The number of nitrogens with zero attached hydrogens (tertiary/aromatic N) is 10. The van der Waals surface area contributed by atoms with Gasteiger partial charge in [0, 0.05) is 94.1 Å². The molecule has 2 saturated heterocycles. The number of aromatic nitrogens is 4. The van der Waals surface area contributed by atoms with Gasteiger partial charge < -0.3 is 43.7 Å². The van der Waals surface area contributed by atoms with Crippen molar-refractivity contribution in [2.24, 2.45) is 10.2 Å². The molecule has 6 heterocycles. The number of rotatable bonds is 13. The van der Waals surface area contributed by atoms with E-state index in [0.29, 0.717) is 66.1 Å². The van der Waals surface area contributed by atoms with E-state index in [1.54, 1.807) is 66.6 Å². The van der Waals surface area contributed by atoms with Crippen molar-refractivity contribution in [1.82, 2.24) is 39.5 Å². The maximum atomic E-state index is 13.4. The van der Waals surface area contributed by atoms with Crippen LogP contribution in [0.15, 0.2) is 71.2 Å². The van der Waals surface area contributed by atoms with E-state index >= 15 is 0 Å². The zero-order valence-corrected chi connectivity index (χ0v) is 37.2. The molecule has 3 fully saturated rings. The molecule has 5 aromatic rings. The highest BCUT2D eigenvalue weighted by Crippen LogP contribution is 2.42. The molecular formula is C46H50N12O8. The fourth-order valence-corrected chi connectivity index (χ4v) is 9.04. The van der Waals surface area contributed by atoms with Crippen molar-refractivity contribution in [1.29, 1.82) is 0 Å². The zero-order chi connectivity index (χ0) is 46.1. The van der Waals surface area contributed by atoms with Crippen molar-refractivity contribution in [2.45, 2.75) is 57.2 Å². The number of piperazine rings is 1. The van der Waals surface area contributed by atoms with E-state index in [1.165, 1.54) is 19.1 Å². The summed E-state index contributed by atoms with van der Waals surface area (Å²) in [6.45, 7) is 2.02. The highest BCUT2D eigenvalue weighted by atomic mass is 16.5. The van der Waals surface area contributed by atoms with E-state index in [0.717, 1.165) is 42.4 Å². The Hall–Kier alpha value is -7.64. The van der Waals surface area contributed by atoms with Crippen LogP contribution in [-0.2, 0) is 20.9 Å². The van der Waals surface area contributed by atoms with Crippen LogP contribution in [0.4, 0.5) is 28.8 Å². The monoisotopic (exact) mass is 898 g/mol. The molecule has 4 aliphatic rings. The average molecular weight is 899 g/mol. The molecule has 0 spiro atoms. The van der Waals surface area contributed by atoms with Gasteiger partial charge in [0.25, 0.3) is 17.7 Å². The summed E-state index contributed by atoms with van der Waals surface area (Å²) in [7, 11) is 6.45. The second-order valence-corrected chi connectivity index (χ2v) is 16.8. The van der Waals surface area contributed by atoms with E-state index in [1.807, 2.05) is 18.2 Å². The Bertz CT molecular complexity index is 2720. The Morgan fingerprint density at radius 1 is 0.909 bits per heavy atom. The molecule has 9 rings (SSSR count). The molecule has 1 saturated carbocycles. The molecule has 3 aromatic heterocycles. The minimum atomic E-state index is -0.751. The van der Waals surface area contributed by atoms with Gasteiger partial charge in [-0.2, -0.15) is 15.2 Å². The van der Waals surface area contributed by atoms with Crippen LogP contribution in [0, 0.1) is 0 Å². The third-order valence-electron chi connectivity index (χ3n) is 12.5. The summed E-state index contributed by atoms with van der Waals surface area (Å²) in [5.41, 5.74) is 4.12. The highest BCUT2D eigenvalue weighted by molar-refractivity contribution is 6.06. The number of azo groups is 1. The van der Waals surface area contributed by atoms with Crippen molar-refractivity contribution >= 4 is 69.4 Å². The van der Waals surface area contributed by atoms with Gasteiger partial charge in [-0.05, 0) is 49.6 Å². The van der Waals surface area contributed by atoms with Crippen molar-refractivity contribution in [3.8, 4) is 17.2 Å². The quantitative estimate of drug-likeness (QED) is 0.113. The SMILES string of the molecule is COc1cc(N=Nc2cccc3c2CN(C2CCC(=O)NC2=O)C3=O)cc(OC)c1OCC(=O)N1CCN(c2ccc(Nc3ncc4cc(C(=O)N(C)C)n(C5CCCC5)c4n3)nc2)CC1. The van der Waals surface area contributed by atoms with Crippen molar-refractivity contribution in [3.63, 3.8) is 0 Å². The van der Waals surface area contributed by atoms with Crippen molar-refractivity contribution in [3.05, 3.63) is 77.7 Å². The van der Waals surface area contributed by atoms with Gasteiger partial charge in [-0.15, -0.1) is 0 Å². The summed E-state index contributed by atoms with van der Waals surface area (Å²) in [5, 5.41) is 15.2. The molecule has 2 N–H and O–H groups in total. The van der Waals surface area contributed by atoms with Crippen LogP contribution in [0.2, 0.25) is 0 Å². The summed E-state index contributed by atoms with van der Waals surface area (Å²) >= 11 is 0. The first-order valence-corrected chi connectivity index (χ1v) is 21.9. The molecule has 342 valence electrons. The van der Waals surface area contributed by atoms with Crippen molar-refractivity contribution in [2.75, 3.05) is 71.3 Å². The number of hydrogen-bond acceptors (Lipinski definition) is 15. The Balaban J connectivity index is 0.799. The number of carbonyl (C=O) groups is 5. The molecule has 5 amide bonds. The Labute approximate surface area is 379 Å². The van der Waals surface area contributed by atoms with Gasteiger partial charge in [-0.25, -0.2) is 9.97 Å². The Morgan fingerprint density at radius 3 is 2.35 bits per heavy atom. The fraction of sp³-hybridized carbons (Fsp3) is 0.391. The largest absolute Gasteiger partial charge is 0.493 e. The Morgan fingerprint density at radius 2 is 1.67 bits per heavy atom. The lowest BCUT2D eigenvalue weighted by molar-refractivity contribution is -0.137. The molecule has 1 atom stereocenters.